The predicted molar refractivity (Wildman–Crippen MR) is 109 cm³/mol. The third kappa shape index (κ3) is 6.90. The van der Waals surface area contributed by atoms with E-state index >= 15 is 0 Å². The molecule has 1 N–H and O–H groups in total. The first-order valence-corrected chi connectivity index (χ1v) is 11.0. The molecular formula is C21H22F9N3O4. The Hall–Kier alpha value is -2.91. The highest BCUT2D eigenvalue weighted by Gasteiger charge is 2.60. The minimum absolute atomic E-state index is 0.00434. The summed E-state index contributed by atoms with van der Waals surface area (Å²) in [5.74, 6) is -1.25. The number of carbonyl (C=O) groups excluding carboxylic acids is 1. The molecule has 2 aliphatic heterocycles. The van der Waals surface area contributed by atoms with Crippen LogP contribution in [0.25, 0.3) is 0 Å². The number of rotatable bonds is 5. The molecule has 0 aromatic heterocycles. The Morgan fingerprint density at radius 1 is 0.946 bits per heavy atom. The zero-order valence-corrected chi connectivity index (χ0v) is 19.0. The minimum Gasteiger partial charge on any atom is -0.480 e. The lowest BCUT2D eigenvalue weighted by Crippen LogP contribution is -2.52. The molecule has 208 valence electrons. The van der Waals surface area contributed by atoms with Crippen LogP contribution in [0.1, 0.15) is 24.0 Å². The quantitative estimate of drug-likeness (QED) is 0.544. The number of hydrogen-bond donors (Lipinski definition) is 1. The normalized spacial score (nSPS) is 20.0. The molecule has 0 aliphatic carbocycles. The lowest BCUT2D eigenvalue weighted by Gasteiger charge is -2.35. The highest BCUT2D eigenvalue weighted by molar-refractivity contribution is 5.79. The molecule has 1 atom stereocenters. The van der Waals surface area contributed by atoms with E-state index in [0.717, 1.165) is 6.07 Å². The van der Waals surface area contributed by atoms with E-state index in [1.807, 2.05) is 0 Å². The third-order valence-electron chi connectivity index (χ3n) is 6.06. The van der Waals surface area contributed by atoms with E-state index in [1.54, 1.807) is 4.90 Å². The van der Waals surface area contributed by atoms with Gasteiger partial charge in [0, 0.05) is 45.0 Å². The zero-order chi connectivity index (χ0) is 27.8. The van der Waals surface area contributed by atoms with Gasteiger partial charge in [-0.15, -0.1) is 0 Å². The Bertz CT molecular complexity index is 975. The smallest absolute Gasteiger partial charge is 0.434 e. The number of aliphatic carboxylic acids is 1. The van der Waals surface area contributed by atoms with Crippen LogP contribution in [0.2, 0.25) is 0 Å². The lowest BCUT2D eigenvalue weighted by molar-refractivity contribution is -0.308. The van der Waals surface area contributed by atoms with Crippen molar-refractivity contribution in [1.82, 2.24) is 9.80 Å². The van der Waals surface area contributed by atoms with Crippen LogP contribution in [0.4, 0.5) is 50.0 Å². The molecule has 7 nitrogen and oxygen atoms in total. The zero-order valence-electron chi connectivity index (χ0n) is 19.0. The summed E-state index contributed by atoms with van der Waals surface area (Å²) in [5.41, 5.74) is -0.910. The van der Waals surface area contributed by atoms with Crippen LogP contribution in [-0.2, 0) is 22.3 Å². The Morgan fingerprint density at radius 3 is 2.05 bits per heavy atom. The number of halogens is 9. The molecule has 16 heteroatoms. The van der Waals surface area contributed by atoms with Crippen molar-refractivity contribution in [3.05, 3.63) is 29.3 Å². The maximum Gasteiger partial charge on any atom is 0.434 e. The third-order valence-corrected chi connectivity index (χ3v) is 6.06. The number of anilines is 1. The first kappa shape index (κ1) is 28.7. The summed E-state index contributed by atoms with van der Waals surface area (Å²) in [6, 6.07) is 2.14. The molecular weight excluding hydrogens is 529 g/mol. The number of carboxylic acid groups (broad SMARTS) is 1. The average molecular weight is 551 g/mol. The lowest BCUT2D eigenvalue weighted by atomic mass is 10.1. The monoisotopic (exact) mass is 551 g/mol. The van der Waals surface area contributed by atoms with Crippen molar-refractivity contribution in [2.45, 2.75) is 50.1 Å². The van der Waals surface area contributed by atoms with E-state index in [2.05, 4.69) is 4.74 Å². The van der Waals surface area contributed by atoms with Gasteiger partial charge < -0.3 is 19.6 Å². The van der Waals surface area contributed by atoms with Gasteiger partial charge in [-0.1, -0.05) is 6.07 Å². The topological polar surface area (TPSA) is 73.3 Å². The number of ether oxygens (including phenoxy) is 1. The van der Waals surface area contributed by atoms with E-state index in [0.29, 0.717) is 16.9 Å². The summed E-state index contributed by atoms with van der Waals surface area (Å²) in [4.78, 5) is 26.9. The molecule has 0 radical (unpaired) electrons. The Morgan fingerprint density at radius 2 is 1.54 bits per heavy atom. The van der Waals surface area contributed by atoms with E-state index in [-0.39, 0.29) is 51.4 Å². The molecule has 0 saturated carbocycles. The maximum absolute atomic E-state index is 13.6. The molecule has 1 amide bonds. The fraction of sp³-hybridized carbons (Fsp3) is 0.619. The summed E-state index contributed by atoms with van der Waals surface area (Å²) in [6.45, 7) is -0.399. The molecule has 0 bridgehead atoms. The molecule has 1 aromatic rings. The summed E-state index contributed by atoms with van der Waals surface area (Å²) in [6.07, 6.45) is -21.9. The SMILES string of the molecule is O=C(O)C1CCCN1c1cc(CN2CCN(C(=O)OC(C(F)(F)F)C(F)(F)F)CC2)ccc1C(F)(F)F. The Balaban J connectivity index is 1.68. The predicted octanol–water partition coefficient (Wildman–Crippen LogP) is 4.51. The van der Waals surface area contributed by atoms with Crippen molar-refractivity contribution in [3.63, 3.8) is 0 Å². The Labute approximate surface area is 204 Å². The van der Waals surface area contributed by atoms with E-state index in [1.165, 1.54) is 17.0 Å². The molecule has 2 fully saturated rings. The largest absolute Gasteiger partial charge is 0.480 e. The summed E-state index contributed by atoms with van der Waals surface area (Å²) >= 11 is 0. The average Bonchev–Trinajstić information content (AvgIpc) is 3.26. The highest BCUT2D eigenvalue weighted by atomic mass is 19.4. The number of alkyl halides is 9. The number of carboxylic acids is 1. The van der Waals surface area contributed by atoms with Gasteiger partial charge in [0.25, 0.3) is 6.10 Å². The number of carbonyl (C=O) groups is 2. The second-order valence-corrected chi connectivity index (χ2v) is 8.65. The van der Waals surface area contributed by atoms with Crippen molar-refractivity contribution >= 4 is 17.7 Å². The summed E-state index contributed by atoms with van der Waals surface area (Å²) in [5, 5.41) is 9.38. The van der Waals surface area contributed by atoms with Gasteiger partial charge in [-0.3, -0.25) is 4.90 Å². The van der Waals surface area contributed by atoms with Crippen molar-refractivity contribution in [2.24, 2.45) is 0 Å². The van der Waals surface area contributed by atoms with E-state index in [9.17, 15) is 54.2 Å². The van der Waals surface area contributed by atoms with Crippen LogP contribution in [0.5, 0.6) is 0 Å². The maximum atomic E-state index is 13.6. The van der Waals surface area contributed by atoms with Crippen molar-refractivity contribution in [3.8, 4) is 0 Å². The second kappa shape index (κ2) is 10.5. The van der Waals surface area contributed by atoms with Crippen LogP contribution in [0, 0.1) is 0 Å². The Kier molecular flexibility index (Phi) is 8.10. The molecule has 2 saturated heterocycles. The molecule has 2 heterocycles. The van der Waals surface area contributed by atoms with E-state index in [4.69, 9.17) is 0 Å². The van der Waals surface area contributed by atoms with Crippen molar-refractivity contribution in [2.75, 3.05) is 37.6 Å². The van der Waals surface area contributed by atoms with Gasteiger partial charge in [0.05, 0.1) is 5.56 Å². The van der Waals surface area contributed by atoms with Gasteiger partial charge in [0.1, 0.15) is 6.04 Å². The minimum atomic E-state index is -5.84. The molecule has 2 aliphatic rings. The van der Waals surface area contributed by atoms with Gasteiger partial charge in [-0.2, -0.15) is 39.5 Å². The molecule has 0 spiro atoms. The number of piperazine rings is 1. The van der Waals surface area contributed by atoms with Gasteiger partial charge >= 0.3 is 30.6 Å². The van der Waals surface area contributed by atoms with Crippen LogP contribution in [-0.4, -0.2) is 84.2 Å². The fourth-order valence-corrected chi connectivity index (χ4v) is 4.31. The molecule has 37 heavy (non-hydrogen) atoms. The van der Waals surface area contributed by atoms with E-state index < -0.39 is 48.3 Å². The summed E-state index contributed by atoms with van der Waals surface area (Å²) < 4.78 is 120. The molecule has 1 aromatic carbocycles. The van der Waals surface area contributed by atoms with Gasteiger partial charge in [-0.25, -0.2) is 9.59 Å². The van der Waals surface area contributed by atoms with Crippen LogP contribution in [0.3, 0.4) is 0 Å². The molecule has 3 rings (SSSR count). The standard InChI is InChI=1S/C21H22F9N3O4/c22-19(23,24)13-4-3-12(10-15(13)33-5-1-2-14(33)16(34)35)11-31-6-8-32(9-7-31)18(36)37-17(20(25,26)27)21(28,29)30/h3-4,10,14,17H,1-2,5-9,11H2,(H,34,35). The number of benzene rings is 1. The van der Waals surface area contributed by atoms with Gasteiger partial charge in [0.2, 0.25) is 0 Å². The van der Waals surface area contributed by atoms with Gasteiger partial charge in [0.15, 0.2) is 0 Å². The highest BCUT2D eigenvalue weighted by Crippen LogP contribution is 2.40. The first-order chi connectivity index (χ1) is 17.0. The molecule has 1 unspecified atom stereocenters. The van der Waals surface area contributed by atoms with Crippen molar-refractivity contribution < 1.29 is 58.9 Å². The fourth-order valence-electron chi connectivity index (χ4n) is 4.31. The van der Waals surface area contributed by atoms with Crippen LogP contribution < -0.4 is 4.90 Å². The number of hydrogen-bond acceptors (Lipinski definition) is 5. The van der Waals surface area contributed by atoms with Crippen LogP contribution >= 0.6 is 0 Å². The second-order valence-electron chi connectivity index (χ2n) is 8.65. The first-order valence-electron chi connectivity index (χ1n) is 11.0. The van der Waals surface area contributed by atoms with Gasteiger partial charge in [-0.05, 0) is 30.5 Å². The van der Waals surface area contributed by atoms with Crippen LogP contribution in [0.15, 0.2) is 18.2 Å². The van der Waals surface area contributed by atoms with Crippen molar-refractivity contribution in [1.29, 1.82) is 0 Å². The number of nitrogens with zero attached hydrogens (tertiary/aromatic N) is 3. The number of amides is 1. The summed E-state index contributed by atoms with van der Waals surface area (Å²) in [7, 11) is 0.